The molecule has 1 N–H and O–H groups in total. The predicted molar refractivity (Wildman–Crippen MR) is 284 cm³/mol. The Hall–Kier alpha value is -6.48. The minimum absolute atomic E-state index is 0. The zero-order valence-electron chi connectivity index (χ0n) is 38.3. The quantitative estimate of drug-likeness (QED) is 0.114. The van der Waals surface area contributed by atoms with Crippen LogP contribution in [-0.4, -0.2) is 20.9 Å². The van der Waals surface area contributed by atoms with Crippen LogP contribution in [0.3, 0.4) is 0 Å². The van der Waals surface area contributed by atoms with E-state index < -0.39 is 0 Å². The van der Waals surface area contributed by atoms with Crippen LogP contribution < -0.4 is 0 Å². The van der Waals surface area contributed by atoms with Crippen molar-refractivity contribution < 1.29 is 38.8 Å². The molecule has 0 saturated carbocycles. The third-order valence-electron chi connectivity index (χ3n) is 12.9. The van der Waals surface area contributed by atoms with Crippen molar-refractivity contribution in [2.45, 2.75) is 53.4 Å². The number of carbonyl (C=O) groups is 1. The maximum atomic E-state index is 11.7. The molecule has 1 radical (unpaired) electrons. The van der Waals surface area contributed by atoms with Crippen molar-refractivity contribution in [3.05, 3.63) is 170 Å². The first-order chi connectivity index (χ1) is 32.8. The summed E-state index contributed by atoms with van der Waals surface area (Å²) in [5.74, 6) is 2.34. The maximum absolute atomic E-state index is 11.7. The molecule has 0 bridgehead atoms. The SMILES string of the molecule is CCC(CC)C(=O)/C=C(\O)C(CC)CC.[Ir].c1ccc2cc3c(cc2c1)sc1c(-c2cc4ccccc4o2)ccnc13.c1ccc2cc3c(cc2c1)sc1c(-c2cc4ccccc4o2)ccnc13. The maximum Gasteiger partial charge on any atom is 0.162 e. The third kappa shape index (κ3) is 9.12. The minimum Gasteiger partial charge on any atom is -0.512 e. The minimum atomic E-state index is 0. The second-order valence-electron chi connectivity index (χ2n) is 17.0. The van der Waals surface area contributed by atoms with Crippen LogP contribution in [0.5, 0.6) is 0 Å². The van der Waals surface area contributed by atoms with Gasteiger partial charge in [0.15, 0.2) is 5.78 Å². The molecule has 341 valence electrons. The molecule has 0 atom stereocenters. The van der Waals surface area contributed by atoms with Crippen LogP contribution in [0.1, 0.15) is 53.4 Å². The van der Waals surface area contributed by atoms with Gasteiger partial charge in [-0.2, -0.15) is 0 Å². The fourth-order valence-corrected chi connectivity index (χ4v) is 11.5. The summed E-state index contributed by atoms with van der Waals surface area (Å²) < 4.78 is 17.1. The molecule has 12 rings (SSSR count). The fraction of sp³-hybridized carbons (Fsp3) is 0.169. The van der Waals surface area contributed by atoms with Gasteiger partial charge >= 0.3 is 0 Å². The Labute approximate surface area is 416 Å². The van der Waals surface area contributed by atoms with Crippen molar-refractivity contribution in [1.82, 2.24) is 9.97 Å². The van der Waals surface area contributed by atoms with Crippen LogP contribution in [-0.2, 0) is 24.9 Å². The van der Waals surface area contributed by atoms with Crippen molar-refractivity contribution in [1.29, 1.82) is 0 Å². The average Bonchev–Trinajstić information content (AvgIpc) is 4.16. The van der Waals surface area contributed by atoms with Crippen LogP contribution in [0.4, 0.5) is 0 Å². The molecule has 0 aliphatic rings. The van der Waals surface area contributed by atoms with Gasteiger partial charge in [0.1, 0.15) is 22.7 Å². The van der Waals surface area contributed by atoms with Gasteiger partial charge < -0.3 is 13.9 Å². The van der Waals surface area contributed by atoms with Crippen molar-refractivity contribution in [2.24, 2.45) is 11.8 Å². The zero-order valence-corrected chi connectivity index (χ0v) is 42.3. The molecule has 0 amide bonds. The molecule has 6 aromatic heterocycles. The number of allylic oxidation sites excluding steroid dienone is 2. The van der Waals surface area contributed by atoms with Gasteiger partial charge in [-0.15, -0.1) is 22.7 Å². The van der Waals surface area contributed by atoms with Gasteiger partial charge in [-0.1, -0.05) is 113 Å². The van der Waals surface area contributed by atoms with E-state index in [0.717, 1.165) is 81.3 Å². The Bertz CT molecular complexity index is 3490. The van der Waals surface area contributed by atoms with Crippen molar-refractivity contribution in [2.75, 3.05) is 0 Å². The van der Waals surface area contributed by atoms with E-state index >= 15 is 0 Å². The molecule has 0 spiro atoms. The molecule has 0 aliphatic carbocycles. The fourth-order valence-electron chi connectivity index (χ4n) is 9.08. The number of aromatic nitrogens is 2. The van der Waals surface area contributed by atoms with E-state index in [4.69, 9.17) is 8.83 Å². The van der Waals surface area contributed by atoms with Crippen LogP contribution >= 0.6 is 22.7 Å². The summed E-state index contributed by atoms with van der Waals surface area (Å²) in [6.45, 7) is 8.07. The molecule has 6 nitrogen and oxygen atoms in total. The van der Waals surface area contributed by atoms with E-state index in [9.17, 15) is 9.90 Å². The first kappa shape index (κ1) is 46.6. The van der Waals surface area contributed by atoms with Gasteiger partial charge in [0.05, 0.1) is 26.2 Å². The summed E-state index contributed by atoms with van der Waals surface area (Å²) in [6, 6.07) is 50.6. The number of rotatable bonds is 9. The summed E-state index contributed by atoms with van der Waals surface area (Å²) in [7, 11) is 0. The summed E-state index contributed by atoms with van der Waals surface area (Å²) in [5, 5.41) is 19.4. The molecular formula is C59H50IrN2O4S2. The second-order valence-corrected chi connectivity index (χ2v) is 19.1. The molecule has 0 fully saturated rings. The number of furan rings is 2. The molecule has 6 heterocycles. The van der Waals surface area contributed by atoms with Gasteiger partial charge in [0.25, 0.3) is 0 Å². The summed E-state index contributed by atoms with van der Waals surface area (Å²) in [4.78, 5) is 21.1. The summed E-state index contributed by atoms with van der Waals surface area (Å²) >= 11 is 3.57. The Balaban J connectivity index is 0.000000132. The summed E-state index contributed by atoms with van der Waals surface area (Å²) in [5.41, 5.74) is 6.15. The number of para-hydroxylation sites is 2. The van der Waals surface area contributed by atoms with E-state index in [0.29, 0.717) is 0 Å². The molecule has 12 aromatic rings. The van der Waals surface area contributed by atoms with E-state index in [2.05, 4.69) is 119 Å². The van der Waals surface area contributed by atoms with Crippen LogP contribution in [0.15, 0.2) is 179 Å². The second kappa shape index (κ2) is 20.4. The Morgan fingerprint density at radius 3 is 1.31 bits per heavy atom. The normalized spacial score (nSPS) is 11.8. The number of fused-ring (bicyclic) bond motifs is 10. The van der Waals surface area contributed by atoms with Crippen LogP contribution in [0.2, 0.25) is 0 Å². The van der Waals surface area contributed by atoms with Gasteiger partial charge in [0.2, 0.25) is 0 Å². The van der Waals surface area contributed by atoms with Gasteiger partial charge in [-0.05, 0) is 108 Å². The van der Waals surface area contributed by atoms with Crippen molar-refractivity contribution in [3.63, 3.8) is 0 Å². The molecule has 9 heteroatoms. The van der Waals surface area contributed by atoms with Crippen LogP contribution in [0, 0.1) is 11.8 Å². The average molecular weight is 1110 g/mol. The molecule has 68 heavy (non-hydrogen) atoms. The van der Waals surface area contributed by atoms with Crippen molar-refractivity contribution >= 4 is 113 Å². The smallest absolute Gasteiger partial charge is 0.162 e. The predicted octanol–water partition coefficient (Wildman–Crippen LogP) is 17.9. The molecule has 0 aliphatic heterocycles. The molecular weight excluding hydrogens is 1060 g/mol. The number of hydrogen-bond donors (Lipinski definition) is 1. The third-order valence-corrected chi connectivity index (χ3v) is 15.3. The van der Waals surface area contributed by atoms with E-state index in [1.807, 2.05) is 76.5 Å². The van der Waals surface area contributed by atoms with E-state index in [1.54, 1.807) is 22.7 Å². The summed E-state index contributed by atoms with van der Waals surface area (Å²) in [6.07, 6.45) is 8.67. The first-order valence-electron chi connectivity index (χ1n) is 23.2. The zero-order chi connectivity index (χ0) is 46.0. The number of aliphatic hydroxyl groups excluding tert-OH is 1. The number of carbonyl (C=O) groups excluding carboxylic acids is 1. The number of hydrogen-bond acceptors (Lipinski definition) is 8. The molecule has 6 aromatic carbocycles. The van der Waals surface area contributed by atoms with Gasteiger partial charge in [-0.25, -0.2) is 0 Å². The number of aliphatic hydroxyl groups is 1. The number of nitrogens with zero attached hydrogens (tertiary/aromatic N) is 2. The number of ketones is 1. The Morgan fingerprint density at radius 1 is 0.529 bits per heavy atom. The molecule has 0 saturated heterocycles. The van der Waals surface area contributed by atoms with E-state index in [-0.39, 0.29) is 43.5 Å². The first-order valence-corrected chi connectivity index (χ1v) is 24.8. The monoisotopic (exact) mass is 1110 g/mol. The number of benzene rings is 6. The Morgan fingerprint density at radius 2 is 0.912 bits per heavy atom. The topological polar surface area (TPSA) is 89.4 Å². The van der Waals surface area contributed by atoms with Crippen molar-refractivity contribution in [3.8, 4) is 22.6 Å². The number of pyridine rings is 2. The van der Waals surface area contributed by atoms with Gasteiger partial charge in [0, 0.05) is 92.5 Å². The standard InChI is InChI=1S/2C23H13NOS.C13H24O2.Ir/c2*1-2-6-15-13-21-18(11-14(15)5-1)22-23(26-21)17(9-10-24-22)20-12-16-7-3-4-8-19(16)25-20;1-5-10(6-2)12(14)9-13(15)11(7-3)8-4;/h2*1-13H;9-11,14H,5-8H2,1-4H3;/b;;12-9-;. The van der Waals surface area contributed by atoms with E-state index in [1.165, 1.54) is 57.2 Å². The van der Waals surface area contributed by atoms with Gasteiger partial charge in [-0.3, -0.25) is 14.8 Å². The molecule has 0 unspecified atom stereocenters. The number of thiophene rings is 2. The van der Waals surface area contributed by atoms with Crippen LogP contribution in [0.25, 0.3) is 107 Å². The Kier molecular flexibility index (Phi) is 14.0. The largest absolute Gasteiger partial charge is 0.512 e.